The van der Waals surface area contributed by atoms with Crippen LogP contribution in [0.5, 0.6) is 5.75 Å². The number of pyridine rings is 1. The van der Waals surface area contributed by atoms with Gasteiger partial charge in [-0.05, 0) is 50.8 Å². The van der Waals surface area contributed by atoms with E-state index in [0.717, 1.165) is 30.1 Å². The smallest absolute Gasteiger partial charge is 0.168 e. The molecule has 1 unspecified atom stereocenters. The highest BCUT2D eigenvalue weighted by atomic mass is 16.5. The molecule has 4 heteroatoms. The molecule has 1 aliphatic heterocycles. The van der Waals surface area contributed by atoms with Crippen LogP contribution in [0.1, 0.15) is 26.2 Å². The fraction of sp³-hybridized carbons (Fsp3) is 0.667. The number of hydrogen-bond donors (Lipinski definition) is 1. The van der Waals surface area contributed by atoms with Crippen LogP contribution in [-0.2, 0) is 0 Å². The SMILES string of the molecule is CCOc1cccnc1NCC1CCN(C2CC2)C1. The van der Waals surface area contributed by atoms with Crippen molar-refractivity contribution in [2.24, 2.45) is 5.92 Å². The Hall–Kier alpha value is -1.29. The summed E-state index contributed by atoms with van der Waals surface area (Å²) in [6, 6.07) is 4.80. The first-order valence-corrected chi connectivity index (χ1v) is 7.42. The molecule has 2 aliphatic rings. The lowest BCUT2D eigenvalue weighted by Crippen LogP contribution is -2.25. The molecule has 2 fully saturated rings. The molecule has 1 aliphatic carbocycles. The predicted octanol–water partition coefficient (Wildman–Crippen LogP) is 2.38. The topological polar surface area (TPSA) is 37.4 Å². The maximum Gasteiger partial charge on any atom is 0.168 e. The van der Waals surface area contributed by atoms with Gasteiger partial charge in [0.25, 0.3) is 0 Å². The van der Waals surface area contributed by atoms with E-state index in [-0.39, 0.29) is 0 Å². The van der Waals surface area contributed by atoms with Crippen LogP contribution in [0, 0.1) is 5.92 Å². The second-order valence-electron chi connectivity index (χ2n) is 5.54. The van der Waals surface area contributed by atoms with Crippen LogP contribution in [0.25, 0.3) is 0 Å². The van der Waals surface area contributed by atoms with Crippen LogP contribution in [0.15, 0.2) is 18.3 Å². The Kier molecular flexibility index (Phi) is 3.87. The third-order valence-electron chi connectivity index (χ3n) is 4.01. The molecule has 0 spiro atoms. The number of aromatic nitrogens is 1. The number of hydrogen-bond acceptors (Lipinski definition) is 4. The summed E-state index contributed by atoms with van der Waals surface area (Å²) in [5.74, 6) is 2.49. The first-order valence-electron chi connectivity index (χ1n) is 7.42. The summed E-state index contributed by atoms with van der Waals surface area (Å²) >= 11 is 0. The van der Waals surface area contributed by atoms with Gasteiger partial charge < -0.3 is 15.0 Å². The molecule has 1 saturated carbocycles. The summed E-state index contributed by atoms with van der Waals surface area (Å²) in [6.45, 7) is 6.20. The Balaban J connectivity index is 1.51. The third kappa shape index (κ3) is 3.18. The highest BCUT2D eigenvalue weighted by Gasteiger charge is 2.34. The van der Waals surface area contributed by atoms with Crippen molar-refractivity contribution in [1.82, 2.24) is 9.88 Å². The van der Waals surface area contributed by atoms with E-state index < -0.39 is 0 Å². The van der Waals surface area contributed by atoms with Crippen molar-refractivity contribution >= 4 is 5.82 Å². The van der Waals surface area contributed by atoms with Crippen molar-refractivity contribution in [3.63, 3.8) is 0 Å². The van der Waals surface area contributed by atoms with Gasteiger partial charge in [0.2, 0.25) is 0 Å². The minimum absolute atomic E-state index is 0.680. The van der Waals surface area contributed by atoms with E-state index >= 15 is 0 Å². The molecule has 0 bridgehead atoms. The largest absolute Gasteiger partial charge is 0.490 e. The molecule has 3 rings (SSSR count). The normalized spacial score (nSPS) is 23.5. The Morgan fingerprint density at radius 2 is 2.32 bits per heavy atom. The molecule has 1 aromatic heterocycles. The minimum atomic E-state index is 0.680. The second kappa shape index (κ2) is 5.78. The molecule has 1 atom stereocenters. The van der Waals surface area contributed by atoms with Crippen LogP contribution in [-0.4, -0.2) is 42.2 Å². The van der Waals surface area contributed by atoms with Gasteiger partial charge >= 0.3 is 0 Å². The molecule has 0 amide bonds. The molecule has 104 valence electrons. The highest BCUT2D eigenvalue weighted by molar-refractivity contribution is 5.49. The first kappa shape index (κ1) is 12.7. The Morgan fingerprint density at radius 3 is 3.11 bits per heavy atom. The monoisotopic (exact) mass is 261 g/mol. The average molecular weight is 261 g/mol. The van der Waals surface area contributed by atoms with Crippen LogP contribution in [0.4, 0.5) is 5.82 Å². The number of anilines is 1. The third-order valence-corrected chi connectivity index (χ3v) is 4.01. The van der Waals surface area contributed by atoms with Gasteiger partial charge in [0.05, 0.1) is 6.61 Å². The summed E-state index contributed by atoms with van der Waals surface area (Å²) in [7, 11) is 0. The quantitative estimate of drug-likeness (QED) is 0.853. The lowest BCUT2D eigenvalue weighted by molar-refractivity contribution is 0.316. The van der Waals surface area contributed by atoms with Gasteiger partial charge in [0, 0.05) is 25.3 Å². The van der Waals surface area contributed by atoms with Crippen molar-refractivity contribution in [1.29, 1.82) is 0 Å². The van der Waals surface area contributed by atoms with Crippen molar-refractivity contribution < 1.29 is 4.74 Å². The maximum absolute atomic E-state index is 5.59. The molecular formula is C15H23N3O. The van der Waals surface area contributed by atoms with Crippen molar-refractivity contribution in [2.45, 2.75) is 32.2 Å². The Labute approximate surface area is 115 Å². The number of rotatable bonds is 6. The Morgan fingerprint density at radius 1 is 1.42 bits per heavy atom. The van der Waals surface area contributed by atoms with E-state index in [4.69, 9.17) is 4.74 Å². The van der Waals surface area contributed by atoms with E-state index in [2.05, 4.69) is 15.2 Å². The summed E-state index contributed by atoms with van der Waals surface area (Å²) in [5, 5.41) is 3.46. The molecule has 1 N–H and O–H groups in total. The highest BCUT2D eigenvalue weighted by Crippen LogP contribution is 2.32. The van der Waals surface area contributed by atoms with Gasteiger partial charge in [-0.3, -0.25) is 0 Å². The van der Waals surface area contributed by atoms with Gasteiger partial charge in [0.1, 0.15) is 0 Å². The van der Waals surface area contributed by atoms with E-state index in [9.17, 15) is 0 Å². The van der Waals surface area contributed by atoms with Crippen molar-refractivity contribution in [2.75, 3.05) is 31.6 Å². The fourth-order valence-electron chi connectivity index (χ4n) is 2.84. The predicted molar refractivity (Wildman–Crippen MR) is 76.6 cm³/mol. The van der Waals surface area contributed by atoms with Crippen molar-refractivity contribution in [3.8, 4) is 5.75 Å². The van der Waals surface area contributed by atoms with Crippen LogP contribution in [0.2, 0.25) is 0 Å². The summed E-state index contributed by atoms with van der Waals surface area (Å²) < 4.78 is 5.59. The van der Waals surface area contributed by atoms with Crippen LogP contribution >= 0.6 is 0 Å². The molecule has 0 aromatic carbocycles. The first-order chi connectivity index (χ1) is 9.36. The van der Waals surface area contributed by atoms with E-state index in [1.165, 1.54) is 32.4 Å². The van der Waals surface area contributed by atoms with Gasteiger partial charge in [-0.1, -0.05) is 0 Å². The fourth-order valence-corrected chi connectivity index (χ4v) is 2.84. The molecule has 19 heavy (non-hydrogen) atoms. The molecule has 1 saturated heterocycles. The maximum atomic E-state index is 5.59. The summed E-state index contributed by atoms with van der Waals surface area (Å²) in [6.07, 6.45) is 5.94. The van der Waals surface area contributed by atoms with Gasteiger partial charge in [-0.15, -0.1) is 0 Å². The van der Waals surface area contributed by atoms with Gasteiger partial charge in [-0.25, -0.2) is 4.98 Å². The number of ether oxygens (including phenoxy) is 1. The van der Waals surface area contributed by atoms with Gasteiger partial charge in [0.15, 0.2) is 11.6 Å². The zero-order valence-corrected chi connectivity index (χ0v) is 11.6. The molecule has 1 aromatic rings. The van der Waals surface area contributed by atoms with Crippen LogP contribution in [0.3, 0.4) is 0 Å². The van der Waals surface area contributed by atoms with E-state index in [0.29, 0.717) is 6.61 Å². The van der Waals surface area contributed by atoms with Crippen LogP contribution < -0.4 is 10.1 Å². The zero-order valence-electron chi connectivity index (χ0n) is 11.6. The Bertz CT molecular complexity index is 420. The van der Waals surface area contributed by atoms with Crippen molar-refractivity contribution in [3.05, 3.63) is 18.3 Å². The number of nitrogens with zero attached hydrogens (tertiary/aromatic N) is 2. The molecule has 0 radical (unpaired) electrons. The second-order valence-corrected chi connectivity index (χ2v) is 5.54. The lowest BCUT2D eigenvalue weighted by Gasteiger charge is -2.16. The number of likely N-dealkylation sites (tertiary alicyclic amines) is 1. The zero-order chi connectivity index (χ0) is 13.1. The minimum Gasteiger partial charge on any atom is -0.490 e. The van der Waals surface area contributed by atoms with E-state index in [1.54, 1.807) is 0 Å². The van der Waals surface area contributed by atoms with E-state index in [1.807, 2.05) is 25.3 Å². The lowest BCUT2D eigenvalue weighted by atomic mass is 10.1. The average Bonchev–Trinajstić information content (AvgIpc) is 3.18. The molecular weight excluding hydrogens is 238 g/mol. The summed E-state index contributed by atoms with van der Waals surface area (Å²) in [5.41, 5.74) is 0. The summed E-state index contributed by atoms with van der Waals surface area (Å²) in [4.78, 5) is 7.02. The van der Waals surface area contributed by atoms with Gasteiger partial charge in [-0.2, -0.15) is 0 Å². The standard InChI is InChI=1S/C15H23N3O/c1-2-19-14-4-3-8-16-15(14)17-10-12-7-9-18(11-12)13-5-6-13/h3-4,8,12-13H,2,5-7,9-11H2,1H3,(H,16,17). The molecule has 4 nitrogen and oxygen atoms in total. The molecule has 2 heterocycles. The number of nitrogens with one attached hydrogen (secondary N) is 1.